The second-order valence-corrected chi connectivity index (χ2v) is 6.95. The van der Waals surface area contributed by atoms with Crippen molar-refractivity contribution in [3.05, 3.63) is 0 Å². The van der Waals surface area contributed by atoms with Crippen molar-refractivity contribution in [2.45, 2.75) is 44.5 Å². The van der Waals surface area contributed by atoms with Crippen LogP contribution in [-0.2, 0) is 4.79 Å². The van der Waals surface area contributed by atoms with Crippen LogP contribution in [0.3, 0.4) is 0 Å². The Morgan fingerprint density at radius 3 is 2.32 bits per heavy atom. The summed E-state index contributed by atoms with van der Waals surface area (Å²) in [4.78, 5) is 27.3. The number of carboxylic acid groups (broad SMARTS) is 1. The lowest BCUT2D eigenvalue weighted by atomic mass is 10.0. The van der Waals surface area contributed by atoms with Gasteiger partial charge < -0.3 is 14.9 Å². The van der Waals surface area contributed by atoms with E-state index in [-0.39, 0.29) is 18.1 Å². The quantitative estimate of drug-likeness (QED) is 0.797. The maximum Gasteiger partial charge on any atom is 0.320 e. The molecule has 0 aliphatic carbocycles. The molecule has 4 atom stereocenters. The van der Waals surface area contributed by atoms with Crippen LogP contribution in [0.15, 0.2) is 0 Å². The van der Waals surface area contributed by atoms with Crippen LogP contribution in [0.1, 0.15) is 27.2 Å². The number of urea groups is 1. The number of likely N-dealkylation sites (tertiary alicyclic amines) is 1. The molecule has 2 heterocycles. The van der Waals surface area contributed by atoms with Gasteiger partial charge in [0.25, 0.3) is 0 Å². The topological polar surface area (TPSA) is 60.9 Å². The molecule has 2 aliphatic heterocycles. The highest BCUT2D eigenvalue weighted by atomic mass is 32.2. The summed E-state index contributed by atoms with van der Waals surface area (Å²) < 4.78 is 0. The van der Waals surface area contributed by atoms with Crippen LogP contribution < -0.4 is 0 Å². The van der Waals surface area contributed by atoms with Crippen molar-refractivity contribution >= 4 is 23.8 Å². The zero-order valence-electron chi connectivity index (χ0n) is 11.7. The predicted octanol–water partition coefficient (Wildman–Crippen LogP) is 1.73. The van der Waals surface area contributed by atoms with Crippen LogP contribution in [0.4, 0.5) is 4.79 Å². The van der Waals surface area contributed by atoms with Crippen LogP contribution in [-0.4, -0.2) is 63.1 Å². The first-order chi connectivity index (χ1) is 8.93. The van der Waals surface area contributed by atoms with E-state index in [2.05, 4.69) is 13.8 Å². The third-order valence-corrected chi connectivity index (χ3v) is 5.79. The molecule has 0 saturated carbocycles. The van der Waals surface area contributed by atoms with Gasteiger partial charge >= 0.3 is 12.0 Å². The molecule has 0 aromatic heterocycles. The highest BCUT2D eigenvalue weighted by molar-refractivity contribution is 8.00. The first-order valence-electron chi connectivity index (χ1n) is 6.85. The van der Waals surface area contributed by atoms with Crippen molar-refractivity contribution in [2.24, 2.45) is 5.92 Å². The monoisotopic (exact) mass is 286 g/mol. The SMILES string of the molecule is CC1SCCN(C(=O)N2CCC(C(=O)O)C2C)C1C. The molecule has 0 spiro atoms. The summed E-state index contributed by atoms with van der Waals surface area (Å²) in [7, 11) is 0. The normalized spacial score (nSPS) is 35.5. The number of amides is 2. The van der Waals surface area contributed by atoms with Gasteiger partial charge in [-0.1, -0.05) is 6.92 Å². The van der Waals surface area contributed by atoms with Crippen LogP contribution in [0.25, 0.3) is 0 Å². The van der Waals surface area contributed by atoms with Gasteiger partial charge in [-0.25, -0.2) is 4.79 Å². The second kappa shape index (κ2) is 5.61. The molecule has 0 aromatic rings. The minimum absolute atomic E-state index is 0.0101. The Morgan fingerprint density at radius 1 is 1.11 bits per heavy atom. The predicted molar refractivity (Wildman–Crippen MR) is 75.4 cm³/mol. The van der Waals surface area contributed by atoms with E-state index in [0.717, 1.165) is 12.3 Å². The van der Waals surface area contributed by atoms with Gasteiger partial charge in [-0.2, -0.15) is 11.8 Å². The van der Waals surface area contributed by atoms with Gasteiger partial charge in [0.05, 0.1) is 5.92 Å². The number of hydrogen-bond donors (Lipinski definition) is 1. The average molecular weight is 286 g/mol. The summed E-state index contributed by atoms with van der Waals surface area (Å²) in [5.41, 5.74) is 0. The van der Waals surface area contributed by atoms with E-state index >= 15 is 0 Å². The van der Waals surface area contributed by atoms with Crippen molar-refractivity contribution in [2.75, 3.05) is 18.8 Å². The molecule has 2 aliphatic rings. The molecule has 0 radical (unpaired) electrons. The first-order valence-corrected chi connectivity index (χ1v) is 7.90. The fourth-order valence-electron chi connectivity index (χ4n) is 2.91. The van der Waals surface area contributed by atoms with Gasteiger partial charge in [-0.15, -0.1) is 0 Å². The fourth-order valence-corrected chi connectivity index (χ4v) is 4.01. The van der Waals surface area contributed by atoms with E-state index in [9.17, 15) is 9.59 Å². The van der Waals surface area contributed by atoms with E-state index in [1.165, 1.54) is 0 Å². The van der Waals surface area contributed by atoms with E-state index in [1.807, 2.05) is 23.6 Å². The Kier molecular flexibility index (Phi) is 4.28. The first kappa shape index (κ1) is 14.5. The number of nitrogens with zero attached hydrogens (tertiary/aromatic N) is 2. The molecule has 108 valence electrons. The minimum Gasteiger partial charge on any atom is -0.481 e. The van der Waals surface area contributed by atoms with Crippen molar-refractivity contribution in [1.82, 2.24) is 9.80 Å². The van der Waals surface area contributed by atoms with Crippen molar-refractivity contribution < 1.29 is 14.7 Å². The Bertz CT molecular complexity index is 377. The van der Waals surface area contributed by atoms with Gasteiger partial charge in [-0.3, -0.25) is 4.79 Å². The van der Waals surface area contributed by atoms with Crippen molar-refractivity contribution in [3.63, 3.8) is 0 Å². The summed E-state index contributed by atoms with van der Waals surface area (Å²) in [6, 6.07) is 0.0142. The molecule has 5 nitrogen and oxygen atoms in total. The van der Waals surface area contributed by atoms with Gasteiger partial charge in [0.2, 0.25) is 0 Å². The molecule has 2 rings (SSSR count). The lowest BCUT2D eigenvalue weighted by molar-refractivity contribution is -0.142. The van der Waals surface area contributed by atoms with E-state index in [0.29, 0.717) is 18.2 Å². The largest absolute Gasteiger partial charge is 0.481 e. The summed E-state index contributed by atoms with van der Waals surface area (Å²) in [6.07, 6.45) is 0.564. The minimum atomic E-state index is -0.793. The van der Waals surface area contributed by atoms with Crippen LogP contribution in [0.2, 0.25) is 0 Å². The summed E-state index contributed by atoms with van der Waals surface area (Å²) >= 11 is 1.89. The van der Waals surface area contributed by atoms with Gasteiger partial charge in [0, 0.05) is 36.2 Å². The molecule has 2 fully saturated rings. The molecule has 2 saturated heterocycles. The zero-order valence-corrected chi connectivity index (χ0v) is 12.5. The Morgan fingerprint density at radius 2 is 1.74 bits per heavy atom. The molecule has 1 N–H and O–H groups in total. The van der Waals surface area contributed by atoms with Crippen molar-refractivity contribution in [1.29, 1.82) is 0 Å². The van der Waals surface area contributed by atoms with Crippen LogP contribution >= 0.6 is 11.8 Å². The smallest absolute Gasteiger partial charge is 0.320 e. The number of carbonyl (C=O) groups is 2. The number of thioether (sulfide) groups is 1. The third-order valence-electron chi connectivity index (χ3n) is 4.45. The molecule has 4 unspecified atom stereocenters. The molecule has 19 heavy (non-hydrogen) atoms. The van der Waals surface area contributed by atoms with E-state index in [4.69, 9.17) is 5.11 Å². The van der Waals surface area contributed by atoms with Crippen molar-refractivity contribution in [3.8, 4) is 0 Å². The zero-order chi connectivity index (χ0) is 14.2. The standard InChI is InChI=1S/C13H22N2O3S/c1-8-10(3)19-7-6-15(8)13(18)14-5-4-11(9(14)2)12(16)17/h8-11H,4-7H2,1-3H3,(H,16,17). The molecule has 6 heteroatoms. The lowest BCUT2D eigenvalue weighted by Gasteiger charge is -2.40. The Hall–Kier alpha value is -0.910. The average Bonchev–Trinajstić information content (AvgIpc) is 2.74. The molecular weight excluding hydrogens is 264 g/mol. The van der Waals surface area contributed by atoms with E-state index < -0.39 is 11.9 Å². The van der Waals surface area contributed by atoms with Gasteiger partial charge in [0.15, 0.2) is 0 Å². The van der Waals surface area contributed by atoms with Gasteiger partial charge in [0.1, 0.15) is 0 Å². The summed E-state index contributed by atoms with van der Waals surface area (Å²) in [5, 5.41) is 9.57. The Balaban J connectivity index is 2.06. The van der Waals surface area contributed by atoms with Crippen LogP contribution in [0, 0.1) is 5.92 Å². The maximum atomic E-state index is 12.6. The number of hydrogen-bond acceptors (Lipinski definition) is 3. The molecule has 0 aromatic carbocycles. The number of carbonyl (C=O) groups excluding carboxylic acids is 1. The van der Waals surface area contributed by atoms with Gasteiger partial charge in [-0.05, 0) is 20.3 Å². The summed E-state index contributed by atoms with van der Waals surface area (Å²) in [5.74, 6) is -0.254. The summed E-state index contributed by atoms with van der Waals surface area (Å²) in [6.45, 7) is 7.38. The molecule has 0 bridgehead atoms. The van der Waals surface area contributed by atoms with E-state index in [1.54, 1.807) is 4.90 Å². The maximum absolute atomic E-state index is 12.6. The second-order valence-electron chi connectivity index (χ2n) is 5.46. The number of rotatable bonds is 1. The fraction of sp³-hybridized carbons (Fsp3) is 0.846. The highest BCUT2D eigenvalue weighted by Gasteiger charge is 2.41. The number of carboxylic acids is 1. The molecule has 2 amide bonds. The van der Waals surface area contributed by atoms with Crippen LogP contribution in [0.5, 0.6) is 0 Å². The third kappa shape index (κ3) is 2.68. The lowest BCUT2D eigenvalue weighted by Crippen LogP contribution is -2.54. The molecular formula is C13H22N2O3S. The highest BCUT2D eigenvalue weighted by Crippen LogP contribution is 2.29. The number of aliphatic carboxylic acids is 1. The Labute approximate surface area is 118 Å².